The van der Waals surface area contributed by atoms with Gasteiger partial charge in [0, 0.05) is 5.02 Å². The predicted octanol–water partition coefficient (Wildman–Crippen LogP) is 4.44. The first-order valence-electron chi connectivity index (χ1n) is 7.07. The molecule has 0 amide bonds. The van der Waals surface area contributed by atoms with Gasteiger partial charge in [-0.15, -0.1) is 0 Å². The smallest absolute Gasteiger partial charge is 0.0899 e. The summed E-state index contributed by atoms with van der Waals surface area (Å²) in [6.07, 6.45) is 6.99. The summed E-state index contributed by atoms with van der Waals surface area (Å²) in [6.45, 7) is 2.00. The number of halogens is 1. The van der Waals surface area contributed by atoms with Gasteiger partial charge in [-0.1, -0.05) is 23.7 Å². The van der Waals surface area contributed by atoms with Gasteiger partial charge in [0.2, 0.25) is 0 Å². The molecule has 1 aromatic rings. The Morgan fingerprint density at radius 1 is 1.22 bits per heavy atom. The first-order chi connectivity index (χ1) is 8.58. The Balaban J connectivity index is 1.85. The van der Waals surface area contributed by atoms with E-state index in [1.165, 1.54) is 19.3 Å². The second kappa shape index (κ2) is 4.54. The lowest BCUT2D eigenvalue weighted by molar-refractivity contribution is -0.0251. The van der Waals surface area contributed by atoms with Crippen LogP contribution in [0, 0.1) is 18.8 Å². The maximum Gasteiger partial charge on any atom is 0.0899 e. The largest absolute Gasteiger partial charge is 0.385 e. The Labute approximate surface area is 114 Å². The fourth-order valence-electron chi connectivity index (χ4n) is 3.41. The molecule has 0 heterocycles. The zero-order valence-electron chi connectivity index (χ0n) is 11.0. The van der Waals surface area contributed by atoms with E-state index in [1.807, 2.05) is 19.1 Å². The number of rotatable bonds is 2. The Morgan fingerprint density at radius 2 is 2.00 bits per heavy atom. The predicted molar refractivity (Wildman–Crippen MR) is 74.8 cm³/mol. The number of aryl methyl sites for hydroxylation is 1. The third kappa shape index (κ3) is 2.31. The van der Waals surface area contributed by atoms with Crippen LogP contribution in [0.5, 0.6) is 0 Å². The molecule has 2 aliphatic rings. The highest BCUT2D eigenvalue weighted by Crippen LogP contribution is 2.49. The van der Waals surface area contributed by atoms with E-state index in [9.17, 15) is 5.11 Å². The van der Waals surface area contributed by atoms with Gasteiger partial charge in [0.1, 0.15) is 0 Å². The van der Waals surface area contributed by atoms with Crippen molar-refractivity contribution in [1.82, 2.24) is 0 Å². The summed E-state index contributed by atoms with van der Waals surface area (Å²) in [6, 6.07) is 6.04. The SMILES string of the molecule is Cc1ccc(C2(O)CCCC(C3CC3)C2)cc1Cl. The number of hydrogen-bond acceptors (Lipinski definition) is 1. The molecule has 2 heteroatoms. The minimum atomic E-state index is -0.636. The second-order valence-corrected chi connectivity index (χ2v) is 6.60. The average Bonchev–Trinajstić information content (AvgIpc) is 3.17. The summed E-state index contributed by atoms with van der Waals surface area (Å²) in [4.78, 5) is 0. The third-order valence-electron chi connectivity index (χ3n) is 4.76. The van der Waals surface area contributed by atoms with Crippen molar-refractivity contribution in [2.75, 3.05) is 0 Å². The monoisotopic (exact) mass is 264 g/mol. The fraction of sp³-hybridized carbons (Fsp3) is 0.625. The fourth-order valence-corrected chi connectivity index (χ4v) is 3.59. The molecule has 2 fully saturated rings. The first kappa shape index (κ1) is 12.5. The molecule has 1 aromatic carbocycles. The van der Waals surface area contributed by atoms with Gasteiger partial charge < -0.3 is 5.11 Å². The van der Waals surface area contributed by atoms with Crippen LogP contribution in [0.1, 0.15) is 49.7 Å². The van der Waals surface area contributed by atoms with E-state index in [2.05, 4.69) is 6.07 Å². The van der Waals surface area contributed by atoms with Crippen LogP contribution in [0.15, 0.2) is 18.2 Å². The van der Waals surface area contributed by atoms with E-state index in [4.69, 9.17) is 11.6 Å². The van der Waals surface area contributed by atoms with Crippen LogP contribution in [0.3, 0.4) is 0 Å². The molecule has 2 atom stereocenters. The molecule has 1 nitrogen and oxygen atoms in total. The number of aliphatic hydroxyl groups is 1. The summed E-state index contributed by atoms with van der Waals surface area (Å²) in [5.41, 5.74) is 1.46. The van der Waals surface area contributed by atoms with Crippen LogP contribution in [0.4, 0.5) is 0 Å². The molecule has 0 aromatic heterocycles. The van der Waals surface area contributed by atoms with Gasteiger partial charge >= 0.3 is 0 Å². The van der Waals surface area contributed by atoms with Crippen molar-refractivity contribution in [3.05, 3.63) is 34.3 Å². The van der Waals surface area contributed by atoms with Gasteiger partial charge in [-0.25, -0.2) is 0 Å². The van der Waals surface area contributed by atoms with Crippen LogP contribution in [0.2, 0.25) is 5.02 Å². The molecule has 3 rings (SSSR count). The van der Waals surface area contributed by atoms with Crippen LogP contribution < -0.4 is 0 Å². The molecule has 0 radical (unpaired) electrons. The third-order valence-corrected chi connectivity index (χ3v) is 5.17. The average molecular weight is 265 g/mol. The Morgan fingerprint density at radius 3 is 2.67 bits per heavy atom. The molecule has 0 saturated heterocycles. The molecular formula is C16H21ClO. The molecule has 2 aliphatic carbocycles. The molecular weight excluding hydrogens is 244 g/mol. The van der Waals surface area contributed by atoms with Crippen LogP contribution >= 0.6 is 11.6 Å². The van der Waals surface area contributed by atoms with Gasteiger partial charge in [0.25, 0.3) is 0 Å². The van der Waals surface area contributed by atoms with Crippen molar-refractivity contribution in [1.29, 1.82) is 0 Å². The van der Waals surface area contributed by atoms with Crippen molar-refractivity contribution in [3.63, 3.8) is 0 Å². The minimum Gasteiger partial charge on any atom is -0.385 e. The lowest BCUT2D eigenvalue weighted by Gasteiger charge is -2.37. The van der Waals surface area contributed by atoms with E-state index in [1.54, 1.807) is 0 Å². The van der Waals surface area contributed by atoms with Crippen LogP contribution in [0.25, 0.3) is 0 Å². The standard InChI is InChI=1S/C16H21ClO/c1-11-4-7-14(9-15(11)17)16(18)8-2-3-13(10-16)12-5-6-12/h4,7,9,12-13,18H,2-3,5-6,8,10H2,1H3. The molecule has 0 spiro atoms. The van der Waals surface area contributed by atoms with E-state index < -0.39 is 5.60 Å². The summed E-state index contributed by atoms with van der Waals surface area (Å²) in [7, 11) is 0. The van der Waals surface area contributed by atoms with Gasteiger partial charge in [-0.3, -0.25) is 0 Å². The van der Waals surface area contributed by atoms with Crippen molar-refractivity contribution in [2.24, 2.45) is 11.8 Å². The molecule has 2 unspecified atom stereocenters. The maximum atomic E-state index is 10.9. The molecule has 0 bridgehead atoms. The minimum absolute atomic E-state index is 0.636. The lowest BCUT2D eigenvalue weighted by atomic mass is 9.73. The summed E-state index contributed by atoms with van der Waals surface area (Å²) >= 11 is 6.20. The highest BCUT2D eigenvalue weighted by Gasteiger charge is 2.41. The highest BCUT2D eigenvalue weighted by atomic mass is 35.5. The summed E-state index contributed by atoms with van der Waals surface area (Å²) in [5, 5.41) is 11.7. The van der Waals surface area contributed by atoms with E-state index >= 15 is 0 Å². The maximum absolute atomic E-state index is 10.9. The van der Waals surface area contributed by atoms with Crippen LogP contribution in [-0.2, 0) is 5.60 Å². The van der Waals surface area contributed by atoms with Crippen molar-refractivity contribution in [2.45, 2.75) is 51.0 Å². The zero-order chi connectivity index (χ0) is 12.8. The molecule has 2 saturated carbocycles. The van der Waals surface area contributed by atoms with Crippen molar-refractivity contribution < 1.29 is 5.11 Å². The summed E-state index contributed by atoms with van der Waals surface area (Å²) < 4.78 is 0. The Hall–Kier alpha value is -0.530. The van der Waals surface area contributed by atoms with Gasteiger partial charge in [-0.2, -0.15) is 0 Å². The zero-order valence-corrected chi connectivity index (χ0v) is 11.7. The molecule has 98 valence electrons. The summed E-state index contributed by atoms with van der Waals surface area (Å²) in [5.74, 6) is 1.61. The van der Waals surface area contributed by atoms with Crippen molar-refractivity contribution in [3.8, 4) is 0 Å². The van der Waals surface area contributed by atoms with E-state index in [0.717, 1.165) is 47.2 Å². The first-order valence-corrected chi connectivity index (χ1v) is 7.45. The van der Waals surface area contributed by atoms with Gasteiger partial charge in [-0.05, 0) is 74.5 Å². The second-order valence-electron chi connectivity index (χ2n) is 6.19. The van der Waals surface area contributed by atoms with E-state index in [-0.39, 0.29) is 0 Å². The van der Waals surface area contributed by atoms with E-state index in [0.29, 0.717) is 0 Å². The quantitative estimate of drug-likeness (QED) is 0.838. The molecule has 18 heavy (non-hydrogen) atoms. The molecule has 0 aliphatic heterocycles. The lowest BCUT2D eigenvalue weighted by Crippen LogP contribution is -2.33. The van der Waals surface area contributed by atoms with Gasteiger partial charge in [0.15, 0.2) is 0 Å². The van der Waals surface area contributed by atoms with Crippen molar-refractivity contribution >= 4 is 11.6 Å². The normalized spacial score (nSPS) is 32.5. The molecule has 1 N–H and O–H groups in total. The Bertz CT molecular complexity index is 452. The number of benzene rings is 1. The highest BCUT2D eigenvalue weighted by molar-refractivity contribution is 6.31. The van der Waals surface area contributed by atoms with Crippen LogP contribution in [-0.4, -0.2) is 5.11 Å². The Kier molecular flexibility index (Phi) is 3.15. The van der Waals surface area contributed by atoms with Gasteiger partial charge in [0.05, 0.1) is 5.60 Å². The topological polar surface area (TPSA) is 20.2 Å². The number of hydrogen-bond donors (Lipinski definition) is 1.